The van der Waals surface area contributed by atoms with Crippen LogP contribution in [0.25, 0.3) is 5.57 Å². The van der Waals surface area contributed by atoms with E-state index in [1.807, 2.05) is 0 Å². The molecule has 0 fully saturated rings. The van der Waals surface area contributed by atoms with Gasteiger partial charge in [-0.25, -0.2) is 4.39 Å². The van der Waals surface area contributed by atoms with E-state index in [-0.39, 0.29) is 5.82 Å². The molecule has 1 aliphatic rings. The second kappa shape index (κ2) is 6.86. The molecule has 3 rings (SSSR count). The summed E-state index contributed by atoms with van der Waals surface area (Å²) in [5.41, 5.74) is 3.76. The summed E-state index contributed by atoms with van der Waals surface area (Å²) < 4.78 is 14.1. The standard InChI is InChI=1S/C18H17ClFNS/c1-12-2-4-17(15(10-12)13-6-8-21-9-7-13)22-18-5-3-14(19)11-16(18)20/h2-6,10-11,21H,7-9H2,1H3. The summed E-state index contributed by atoms with van der Waals surface area (Å²) in [4.78, 5) is 1.68. The number of hydrogen-bond acceptors (Lipinski definition) is 2. The van der Waals surface area contributed by atoms with E-state index in [0.29, 0.717) is 9.92 Å². The zero-order valence-corrected chi connectivity index (χ0v) is 13.9. The van der Waals surface area contributed by atoms with Crippen molar-refractivity contribution in [3.8, 4) is 0 Å². The first-order valence-corrected chi connectivity index (χ1v) is 8.46. The summed E-state index contributed by atoms with van der Waals surface area (Å²) in [5, 5.41) is 3.75. The molecule has 1 heterocycles. The fourth-order valence-corrected chi connectivity index (χ4v) is 3.65. The average Bonchev–Trinajstić information content (AvgIpc) is 2.52. The Labute approximate surface area is 139 Å². The number of benzene rings is 2. The van der Waals surface area contributed by atoms with Crippen molar-refractivity contribution in [2.45, 2.75) is 23.1 Å². The smallest absolute Gasteiger partial charge is 0.138 e. The minimum Gasteiger partial charge on any atom is -0.313 e. The van der Waals surface area contributed by atoms with Gasteiger partial charge in [0, 0.05) is 21.4 Å². The predicted octanol–water partition coefficient (Wildman–Crippen LogP) is 5.32. The van der Waals surface area contributed by atoms with Gasteiger partial charge >= 0.3 is 0 Å². The number of hydrogen-bond donors (Lipinski definition) is 1. The molecular weight excluding hydrogens is 317 g/mol. The molecule has 0 aliphatic carbocycles. The number of halogens is 2. The van der Waals surface area contributed by atoms with Crippen LogP contribution in [0.2, 0.25) is 5.02 Å². The maximum absolute atomic E-state index is 14.1. The Hall–Kier alpha value is -1.29. The van der Waals surface area contributed by atoms with Gasteiger partial charge in [0.25, 0.3) is 0 Å². The molecule has 0 unspecified atom stereocenters. The Morgan fingerprint density at radius 3 is 2.68 bits per heavy atom. The van der Waals surface area contributed by atoms with Crippen LogP contribution >= 0.6 is 23.4 Å². The molecule has 0 aromatic heterocycles. The van der Waals surface area contributed by atoms with Crippen LogP contribution in [0.1, 0.15) is 17.5 Å². The minimum absolute atomic E-state index is 0.275. The van der Waals surface area contributed by atoms with Gasteiger partial charge in [-0.2, -0.15) is 0 Å². The van der Waals surface area contributed by atoms with Gasteiger partial charge in [-0.3, -0.25) is 0 Å². The summed E-state index contributed by atoms with van der Waals surface area (Å²) in [7, 11) is 0. The normalized spacial score (nSPS) is 14.8. The van der Waals surface area contributed by atoms with Gasteiger partial charge in [-0.05, 0) is 55.3 Å². The topological polar surface area (TPSA) is 12.0 Å². The van der Waals surface area contributed by atoms with E-state index in [2.05, 4.69) is 36.5 Å². The third kappa shape index (κ3) is 3.54. The minimum atomic E-state index is -0.275. The number of rotatable bonds is 3. The zero-order chi connectivity index (χ0) is 15.5. The van der Waals surface area contributed by atoms with Crippen LogP contribution in [0.4, 0.5) is 4.39 Å². The predicted molar refractivity (Wildman–Crippen MR) is 92.2 cm³/mol. The van der Waals surface area contributed by atoms with Crippen molar-refractivity contribution in [2.24, 2.45) is 0 Å². The Morgan fingerprint density at radius 2 is 1.95 bits per heavy atom. The molecule has 0 saturated heterocycles. The molecule has 114 valence electrons. The highest BCUT2D eigenvalue weighted by Crippen LogP contribution is 2.37. The fraction of sp³-hybridized carbons (Fsp3) is 0.222. The van der Waals surface area contributed by atoms with E-state index in [0.717, 1.165) is 24.4 Å². The lowest BCUT2D eigenvalue weighted by Crippen LogP contribution is -2.20. The fourth-order valence-electron chi connectivity index (χ4n) is 2.53. The molecule has 22 heavy (non-hydrogen) atoms. The van der Waals surface area contributed by atoms with Crippen LogP contribution in [0.3, 0.4) is 0 Å². The monoisotopic (exact) mass is 333 g/mol. The number of nitrogens with one attached hydrogen (secondary N) is 1. The van der Waals surface area contributed by atoms with Gasteiger partial charge in [0.1, 0.15) is 5.82 Å². The van der Waals surface area contributed by atoms with E-state index in [4.69, 9.17) is 11.6 Å². The van der Waals surface area contributed by atoms with Gasteiger partial charge in [-0.1, -0.05) is 47.1 Å². The highest BCUT2D eigenvalue weighted by molar-refractivity contribution is 7.99. The van der Waals surface area contributed by atoms with E-state index >= 15 is 0 Å². The van der Waals surface area contributed by atoms with Gasteiger partial charge < -0.3 is 5.32 Å². The second-order valence-electron chi connectivity index (χ2n) is 5.36. The molecule has 1 nitrogen and oxygen atoms in total. The van der Waals surface area contributed by atoms with Crippen LogP contribution < -0.4 is 5.32 Å². The molecular formula is C18H17ClFNS. The lowest BCUT2D eigenvalue weighted by molar-refractivity contribution is 0.602. The first kappa shape index (κ1) is 15.6. The highest BCUT2D eigenvalue weighted by Gasteiger charge is 2.13. The third-order valence-corrected chi connectivity index (χ3v) is 5.02. The summed E-state index contributed by atoms with van der Waals surface area (Å²) in [6.07, 6.45) is 3.22. The first-order valence-electron chi connectivity index (χ1n) is 7.27. The van der Waals surface area contributed by atoms with Gasteiger partial charge in [-0.15, -0.1) is 0 Å². The number of aryl methyl sites for hydroxylation is 1. The largest absolute Gasteiger partial charge is 0.313 e. The van der Waals surface area contributed by atoms with Crippen LogP contribution in [0, 0.1) is 12.7 Å². The van der Waals surface area contributed by atoms with Crippen LogP contribution in [-0.4, -0.2) is 13.1 Å². The van der Waals surface area contributed by atoms with Gasteiger partial charge in [0.15, 0.2) is 0 Å². The molecule has 0 bridgehead atoms. The van der Waals surface area contributed by atoms with Crippen LogP contribution in [0.5, 0.6) is 0 Å². The average molecular weight is 334 g/mol. The lowest BCUT2D eigenvalue weighted by Gasteiger charge is -2.18. The third-order valence-electron chi connectivity index (χ3n) is 3.66. The summed E-state index contributed by atoms with van der Waals surface area (Å²) in [5.74, 6) is -0.275. The molecule has 4 heteroatoms. The first-order chi connectivity index (χ1) is 10.6. The SMILES string of the molecule is Cc1ccc(Sc2ccc(Cl)cc2F)c(C2=CCNCC2)c1. The molecule has 0 saturated carbocycles. The molecule has 0 radical (unpaired) electrons. The van der Waals surface area contributed by atoms with Gasteiger partial charge in [0.2, 0.25) is 0 Å². The van der Waals surface area contributed by atoms with Crippen molar-refractivity contribution < 1.29 is 4.39 Å². The summed E-state index contributed by atoms with van der Waals surface area (Å²) >= 11 is 7.29. The molecule has 0 atom stereocenters. The second-order valence-corrected chi connectivity index (χ2v) is 6.88. The Kier molecular flexibility index (Phi) is 4.87. The summed E-state index contributed by atoms with van der Waals surface area (Å²) in [6, 6.07) is 11.2. The highest BCUT2D eigenvalue weighted by atomic mass is 35.5. The maximum atomic E-state index is 14.1. The molecule has 1 aliphatic heterocycles. The van der Waals surface area contributed by atoms with Crippen molar-refractivity contribution >= 4 is 28.9 Å². The molecule has 0 amide bonds. The van der Waals surface area contributed by atoms with E-state index < -0.39 is 0 Å². The van der Waals surface area contributed by atoms with E-state index in [9.17, 15) is 4.39 Å². The van der Waals surface area contributed by atoms with E-state index in [1.165, 1.54) is 34.5 Å². The van der Waals surface area contributed by atoms with Crippen molar-refractivity contribution in [2.75, 3.05) is 13.1 Å². The van der Waals surface area contributed by atoms with Crippen molar-refractivity contribution in [1.82, 2.24) is 5.32 Å². The van der Waals surface area contributed by atoms with Crippen molar-refractivity contribution in [1.29, 1.82) is 0 Å². The van der Waals surface area contributed by atoms with Crippen LogP contribution in [-0.2, 0) is 0 Å². The lowest BCUT2D eigenvalue weighted by atomic mass is 9.99. The Bertz CT molecular complexity index is 727. The van der Waals surface area contributed by atoms with Crippen molar-refractivity contribution in [3.63, 3.8) is 0 Å². The Balaban J connectivity index is 1.98. The van der Waals surface area contributed by atoms with E-state index in [1.54, 1.807) is 12.1 Å². The maximum Gasteiger partial charge on any atom is 0.138 e. The quantitative estimate of drug-likeness (QED) is 0.816. The van der Waals surface area contributed by atoms with Crippen molar-refractivity contribution in [3.05, 3.63) is 64.4 Å². The molecule has 2 aromatic rings. The van der Waals surface area contributed by atoms with Gasteiger partial charge in [0.05, 0.1) is 0 Å². The van der Waals surface area contributed by atoms with Crippen LogP contribution in [0.15, 0.2) is 52.3 Å². The zero-order valence-electron chi connectivity index (χ0n) is 12.3. The molecule has 2 aromatic carbocycles. The Morgan fingerprint density at radius 1 is 1.14 bits per heavy atom. The summed E-state index contributed by atoms with van der Waals surface area (Å²) in [6.45, 7) is 3.96. The molecule has 0 spiro atoms. The molecule has 1 N–H and O–H groups in total.